The second kappa shape index (κ2) is 8.63. The molecular weight excluding hydrogens is 440 g/mol. The number of carbonyl (C=O) groups excluding carboxylic acids is 2. The van der Waals surface area contributed by atoms with Crippen LogP contribution >= 0.6 is 27.7 Å². The number of amides is 2. The van der Waals surface area contributed by atoms with Crippen molar-refractivity contribution in [2.45, 2.75) is 26.5 Å². The lowest BCUT2D eigenvalue weighted by Gasteiger charge is -2.16. The Morgan fingerprint density at radius 1 is 1.25 bits per heavy atom. The molecule has 1 heterocycles. The van der Waals surface area contributed by atoms with E-state index in [-0.39, 0.29) is 23.8 Å². The minimum atomic E-state index is -0.269. The van der Waals surface area contributed by atoms with Gasteiger partial charge in [-0.15, -0.1) is 0 Å². The van der Waals surface area contributed by atoms with Gasteiger partial charge in [-0.05, 0) is 71.4 Å². The lowest BCUT2D eigenvalue weighted by atomic mass is 10.1. The van der Waals surface area contributed by atoms with Gasteiger partial charge in [0.1, 0.15) is 12.4 Å². The highest BCUT2D eigenvalue weighted by atomic mass is 79.9. The predicted molar refractivity (Wildman–Crippen MR) is 113 cm³/mol. The van der Waals surface area contributed by atoms with Crippen molar-refractivity contribution in [3.63, 3.8) is 0 Å². The SMILES string of the molecule is CC(C)N1C(=O)S/C(=C/c2ccc(OCc3ccccc3C#N)c(Br)c2)C1=O. The summed E-state index contributed by atoms with van der Waals surface area (Å²) in [6.07, 6.45) is 1.70. The summed E-state index contributed by atoms with van der Waals surface area (Å²) in [7, 11) is 0. The molecule has 2 aromatic rings. The summed E-state index contributed by atoms with van der Waals surface area (Å²) >= 11 is 4.43. The zero-order valence-corrected chi connectivity index (χ0v) is 17.7. The molecule has 0 bridgehead atoms. The second-order valence-electron chi connectivity index (χ2n) is 6.39. The number of ether oxygens (including phenoxy) is 1. The van der Waals surface area contributed by atoms with E-state index in [4.69, 9.17) is 10.00 Å². The van der Waals surface area contributed by atoms with Crippen LogP contribution in [0.2, 0.25) is 0 Å². The van der Waals surface area contributed by atoms with E-state index < -0.39 is 0 Å². The van der Waals surface area contributed by atoms with Gasteiger partial charge < -0.3 is 4.74 Å². The van der Waals surface area contributed by atoms with Gasteiger partial charge in [0, 0.05) is 11.6 Å². The van der Waals surface area contributed by atoms with Crippen molar-refractivity contribution < 1.29 is 14.3 Å². The molecule has 0 radical (unpaired) electrons. The van der Waals surface area contributed by atoms with Crippen molar-refractivity contribution in [1.29, 1.82) is 5.26 Å². The molecule has 28 heavy (non-hydrogen) atoms. The number of thioether (sulfide) groups is 1. The fourth-order valence-corrected chi connectivity index (χ4v) is 4.18. The van der Waals surface area contributed by atoms with E-state index in [2.05, 4.69) is 22.0 Å². The van der Waals surface area contributed by atoms with Gasteiger partial charge in [-0.3, -0.25) is 14.5 Å². The zero-order valence-electron chi connectivity index (χ0n) is 15.3. The van der Waals surface area contributed by atoms with E-state index >= 15 is 0 Å². The molecule has 7 heteroatoms. The Balaban J connectivity index is 1.75. The van der Waals surface area contributed by atoms with Crippen molar-refractivity contribution in [3.05, 3.63) is 68.5 Å². The average molecular weight is 457 g/mol. The van der Waals surface area contributed by atoms with Gasteiger partial charge >= 0.3 is 0 Å². The fraction of sp³-hybridized carbons (Fsp3) is 0.190. The normalized spacial score (nSPS) is 15.4. The van der Waals surface area contributed by atoms with Gasteiger partial charge in [0.2, 0.25) is 0 Å². The lowest BCUT2D eigenvalue weighted by Crippen LogP contribution is -2.34. The maximum absolute atomic E-state index is 12.4. The summed E-state index contributed by atoms with van der Waals surface area (Å²) in [6.45, 7) is 3.90. The maximum Gasteiger partial charge on any atom is 0.293 e. The van der Waals surface area contributed by atoms with Gasteiger partial charge in [0.15, 0.2) is 0 Å². The third-order valence-electron chi connectivity index (χ3n) is 4.11. The van der Waals surface area contributed by atoms with E-state index in [0.717, 1.165) is 27.4 Å². The molecule has 1 aliphatic heterocycles. The van der Waals surface area contributed by atoms with Crippen LogP contribution in [-0.2, 0) is 11.4 Å². The summed E-state index contributed by atoms with van der Waals surface area (Å²) in [5.41, 5.74) is 2.17. The number of rotatable bonds is 5. The van der Waals surface area contributed by atoms with E-state index in [1.54, 1.807) is 18.2 Å². The number of nitrogens with zero attached hydrogens (tertiary/aromatic N) is 2. The van der Waals surface area contributed by atoms with Crippen LogP contribution in [-0.4, -0.2) is 22.1 Å². The van der Waals surface area contributed by atoms with Crippen LogP contribution in [0.4, 0.5) is 4.79 Å². The molecular formula is C21H17BrN2O3S. The summed E-state index contributed by atoms with van der Waals surface area (Å²) < 4.78 is 6.54. The molecule has 0 aliphatic carbocycles. The monoisotopic (exact) mass is 456 g/mol. The number of imide groups is 1. The molecule has 0 saturated carbocycles. The van der Waals surface area contributed by atoms with Crippen LogP contribution < -0.4 is 4.74 Å². The van der Waals surface area contributed by atoms with Crippen LogP contribution in [0.1, 0.15) is 30.5 Å². The Hall–Kier alpha value is -2.56. The van der Waals surface area contributed by atoms with E-state index in [9.17, 15) is 9.59 Å². The number of carbonyl (C=O) groups is 2. The van der Waals surface area contributed by atoms with Gasteiger partial charge in [0.25, 0.3) is 11.1 Å². The first kappa shape index (κ1) is 20.2. The molecule has 142 valence electrons. The quantitative estimate of drug-likeness (QED) is 0.567. The number of benzene rings is 2. The number of hydrogen-bond acceptors (Lipinski definition) is 5. The Kier molecular flexibility index (Phi) is 6.22. The fourth-order valence-electron chi connectivity index (χ4n) is 2.71. The van der Waals surface area contributed by atoms with Crippen molar-refractivity contribution in [1.82, 2.24) is 4.90 Å². The molecule has 1 saturated heterocycles. The lowest BCUT2D eigenvalue weighted by molar-refractivity contribution is -0.123. The van der Waals surface area contributed by atoms with Crippen LogP contribution in [0.5, 0.6) is 5.75 Å². The molecule has 0 unspecified atom stereocenters. The molecule has 0 spiro atoms. The van der Waals surface area contributed by atoms with Crippen molar-refractivity contribution in [3.8, 4) is 11.8 Å². The molecule has 2 amide bonds. The van der Waals surface area contributed by atoms with Crippen molar-refractivity contribution in [2.24, 2.45) is 0 Å². The first-order valence-electron chi connectivity index (χ1n) is 8.58. The van der Waals surface area contributed by atoms with E-state index in [1.165, 1.54) is 4.90 Å². The molecule has 1 fully saturated rings. The van der Waals surface area contributed by atoms with E-state index in [1.807, 2.05) is 44.2 Å². The molecule has 2 aromatic carbocycles. The largest absolute Gasteiger partial charge is 0.488 e. The van der Waals surface area contributed by atoms with Gasteiger partial charge in [0.05, 0.1) is 21.0 Å². The standard InChI is InChI=1S/C21H17BrN2O3S/c1-13(2)24-20(25)19(28-21(24)26)10-14-7-8-18(17(22)9-14)27-12-16-6-4-3-5-15(16)11-23/h3-10,13H,12H2,1-2H3/b19-10+. The molecule has 0 atom stereocenters. The number of halogens is 1. The highest BCUT2D eigenvalue weighted by molar-refractivity contribution is 9.10. The molecule has 0 aromatic heterocycles. The van der Waals surface area contributed by atoms with Crippen LogP contribution in [0.15, 0.2) is 51.8 Å². The Morgan fingerprint density at radius 3 is 2.64 bits per heavy atom. The third-order valence-corrected chi connectivity index (χ3v) is 5.62. The Labute approximate surface area is 176 Å². The first-order valence-corrected chi connectivity index (χ1v) is 10.2. The minimum absolute atomic E-state index is 0.169. The second-order valence-corrected chi connectivity index (χ2v) is 8.24. The van der Waals surface area contributed by atoms with Crippen LogP contribution in [0.25, 0.3) is 6.08 Å². The molecule has 0 N–H and O–H groups in total. The molecule has 1 aliphatic rings. The smallest absolute Gasteiger partial charge is 0.293 e. The highest BCUT2D eigenvalue weighted by Crippen LogP contribution is 2.35. The summed E-state index contributed by atoms with van der Waals surface area (Å²) in [6, 6.07) is 14.7. The minimum Gasteiger partial charge on any atom is -0.488 e. The van der Waals surface area contributed by atoms with Gasteiger partial charge in [-0.2, -0.15) is 5.26 Å². The summed E-state index contributed by atoms with van der Waals surface area (Å²) in [5, 5.41) is 8.91. The summed E-state index contributed by atoms with van der Waals surface area (Å²) in [5.74, 6) is 0.356. The molecule has 5 nitrogen and oxygen atoms in total. The average Bonchev–Trinajstić information content (AvgIpc) is 2.94. The van der Waals surface area contributed by atoms with Crippen LogP contribution in [0, 0.1) is 11.3 Å². The van der Waals surface area contributed by atoms with Gasteiger partial charge in [-0.1, -0.05) is 24.3 Å². The van der Waals surface area contributed by atoms with Gasteiger partial charge in [-0.25, -0.2) is 0 Å². The van der Waals surface area contributed by atoms with Crippen molar-refractivity contribution >= 4 is 44.9 Å². The van der Waals surface area contributed by atoms with Crippen molar-refractivity contribution in [2.75, 3.05) is 0 Å². The summed E-state index contributed by atoms with van der Waals surface area (Å²) in [4.78, 5) is 26.0. The molecule has 3 rings (SSSR count). The first-order chi connectivity index (χ1) is 13.4. The highest BCUT2D eigenvalue weighted by Gasteiger charge is 2.36. The number of hydrogen-bond donors (Lipinski definition) is 0. The van der Waals surface area contributed by atoms with Crippen LogP contribution in [0.3, 0.4) is 0 Å². The zero-order chi connectivity index (χ0) is 20.3. The Morgan fingerprint density at radius 2 is 2.00 bits per heavy atom. The topological polar surface area (TPSA) is 70.4 Å². The number of nitriles is 1. The third kappa shape index (κ3) is 4.29. The predicted octanol–water partition coefficient (Wildman–Crippen LogP) is 5.34. The maximum atomic E-state index is 12.4. The Bertz CT molecular complexity index is 1010. The van der Waals surface area contributed by atoms with E-state index in [0.29, 0.717) is 16.2 Å².